The Hall–Kier alpha value is -1.88. The molecule has 1 aliphatic heterocycles. The molecule has 8 nitrogen and oxygen atoms in total. The molecule has 3 heterocycles. The third-order valence-electron chi connectivity index (χ3n) is 3.74. The van der Waals surface area contributed by atoms with Crippen molar-refractivity contribution in [3.05, 3.63) is 18.0 Å². The number of alkyl halides is 2. The number of aromatic nitrogens is 4. The minimum atomic E-state index is -3.13. The van der Waals surface area contributed by atoms with Gasteiger partial charge in [-0.15, -0.1) is 15.3 Å². The Morgan fingerprint density at radius 3 is 2.74 bits per heavy atom. The van der Waals surface area contributed by atoms with Crippen LogP contribution in [0.2, 0.25) is 0 Å². The van der Waals surface area contributed by atoms with Crippen LogP contribution in [-0.4, -0.2) is 57.9 Å². The maximum Gasteiger partial charge on any atom is 0.299 e. The zero-order chi connectivity index (χ0) is 16.6. The molecule has 2 aromatic rings. The van der Waals surface area contributed by atoms with Crippen molar-refractivity contribution in [3.8, 4) is 0 Å². The van der Waals surface area contributed by atoms with Crippen LogP contribution in [0.15, 0.2) is 12.1 Å². The quantitative estimate of drug-likeness (QED) is 0.830. The van der Waals surface area contributed by atoms with Crippen LogP contribution in [0, 0.1) is 5.92 Å². The summed E-state index contributed by atoms with van der Waals surface area (Å²) in [4.78, 5) is 0. The summed E-state index contributed by atoms with van der Waals surface area (Å²) in [6.07, 6.45) is -2.76. The summed E-state index contributed by atoms with van der Waals surface area (Å²) >= 11 is 0. The van der Waals surface area contributed by atoms with Gasteiger partial charge in [0, 0.05) is 25.6 Å². The molecule has 126 valence electrons. The van der Waals surface area contributed by atoms with Crippen LogP contribution < -0.4 is 5.32 Å². The van der Waals surface area contributed by atoms with Gasteiger partial charge in [-0.25, -0.2) is 21.5 Å². The van der Waals surface area contributed by atoms with E-state index in [4.69, 9.17) is 0 Å². The molecule has 23 heavy (non-hydrogen) atoms. The highest BCUT2D eigenvalue weighted by Crippen LogP contribution is 2.21. The first kappa shape index (κ1) is 16.0. The number of anilines is 1. The van der Waals surface area contributed by atoms with Gasteiger partial charge in [-0.3, -0.25) is 0 Å². The molecule has 2 aromatic heterocycles. The number of nitrogens with one attached hydrogen (secondary N) is 1. The molecule has 0 atom stereocenters. The van der Waals surface area contributed by atoms with Crippen LogP contribution in [0.25, 0.3) is 5.65 Å². The first-order valence-electron chi connectivity index (χ1n) is 7.13. The Bertz CT molecular complexity index is 803. The molecule has 1 fully saturated rings. The summed E-state index contributed by atoms with van der Waals surface area (Å²) < 4.78 is 51.2. The standard InChI is InChI=1S/C12H16F2N6O2S/c1-2-23(21,22)19-6-8(7-19)5-15-9-3-4-10-16-17-12(11(13)14)20(10)18-9/h3-4,8,11H,2,5-7H2,1H3,(H,15,18). The van der Waals surface area contributed by atoms with Crippen LogP contribution in [0.4, 0.5) is 14.6 Å². The van der Waals surface area contributed by atoms with Gasteiger partial charge in [0.25, 0.3) is 6.43 Å². The molecule has 0 unspecified atom stereocenters. The average Bonchev–Trinajstić information content (AvgIpc) is 2.88. The first-order valence-corrected chi connectivity index (χ1v) is 8.74. The van der Waals surface area contributed by atoms with Gasteiger partial charge in [-0.05, 0) is 19.1 Å². The van der Waals surface area contributed by atoms with Gasteiger partial charge in [0.05, 0.1) is 5.75 Å². The van der Waals surface area contributed by atoms with E-state index >= 15 is 0 Å². The lowest BCUT2D eigenvalue weighted by atomic mass is 10.0. The predicted octanol–water partition coefficient (Wildman–Crippen LogP) is 0.755. The lowest BCUT2D eigenvalue weighted by molar-refractivity contribution is 0.137. The molecule has 1 N–H and O–H groups in total. The van der Waals surface area contributed by atoms with Crippen LogP contribution in [0.3, 0.4) is 0 Å². The van der Waals surface area contributed by atoms with E-state index in [9.17, 15) is 17.2 Å². The van der Waals surface area contributed by atoms with E-state index in [2.05, 4.69) is 20.6 Å². The molecular formula is C12H16F2N6O2S. The average molecular weight is 346 g/mol. The molecule has 0 amide bonds. The summed E-state index contributed by atoms with van der Waals surface area (Å²) in [6, 6.07) is 3.17. The minimum Gasteiger partial charge on any atom is -0.368 e. The summed E-state index contributed by atoms with van der Waals surface area (Å²) in [5.41, 5.74) is 0.245. The second-order valence-electron chi connectivity index (χ2n) is 5.31. The molecule has 0 bridgehead atoms. The van der Waals surface area contributed by atoms with E-state index in [1.54, 1.807) is 19.1 Å². The largest absolute Gasteiger partial charge is 0.368 e. The number of fused-ring (bicyclic) bond motifs is 1. The van der Waals surface area contributed by atoms with E-state index in [1.165, 1.54) is 4.31 Å². The Kier molecular flexibility index (Phi) is 4.15. The molecule has 0 saturated carbocycles. The number of hydrogen-bond donors (Lipinski definition) is 1. The monoisotopic (exact) mass is 346 g/mol. The zero-order valence-corrected chi connectivity index (χ0v) is 13.2. The molecule has 11 heteroatoms. The number of sulfonamides is 1. The van der Waals surface area contributed by atoms with E-state index < -0.39 is 22.3 Å². The molecule has 0 radical (unpaired) electrons. The summed E-state index contributed by atoms with van der Waals surface area (Å²) in [6.45, 7) is 3.04. The van der Waals surface area contributed by atoms with E-state index in [1.807, 2.05) is 0 Å². The number of nitrogens with zero attached hydrogens (tertiary/aromatic N) is 5. The van der Waals surface area contributed by atoms with Crippen molar-refractivity contribution in [2.24, 2.45) is 5.92 Å². The fraction of sp³-hybridized carbons (Fsp3) is 0.583. The second kappa shape index (κ2) is 5.96. The predicted molar refractivity (Wildman–Crippen MR) is 78.8 cm³/mol. The van der Waals surface area contributed by atoms with Gasteiger partial charge in [-0.2, -0.15) is 4.52 Å². The molecular weight excluding hydrogens is 330 g/mol. The van der Waals surface area contributed by atoms with Crippen LogP contribution >= 0.6 is 0 Å². The highest BCUT2D eigenvalue weighted by Gasteiger charge is 2.34. The molecule has 0 aliphatic carbocycles. The van der Waals surface area contributed by atoms with E-state index in [-0.39, 0.29) is 17.3 Å². The SMILES string of the molecule is CCS(=O)(=O)N1CC(CNc2ccc3nnc(C(F)F)n3n2)C1. The summed E-state index contributed by atoms with van der Waals surface area (Å²) in [7, 11) is -3.13. The highest BCUT2D eigenvalue weighted by atomic mass is 32.2. The van der Waals surface area contributed by atoms with Crippen molar-refractivity contribution in [2.45, 2.75) is 13.3 Å². The third-order valence-corrected chi connectivity index (χ3v) is 5.55. The normalized spacial score (nSPS) is 16.9. The lowest BCUT2D eigenvalue weighted by Crippen LogP contribution is -2.52. The Morgan fingerprint density at radius 2 is 2.09 bits per heavy atom. The van der Waals surface area contributed by atoms with E-state index in [0.29, 0.717) is 25.5 Å². The minimum absolute atomic E-state index is 0.0927. The number of hydrogen-bond acceptors (Lipinski definition) is 6. The van der Waals surface area contributed by atoms with Gasteiger partial charge in [0.15, 0.2) is 5.65 Å². The van der Waals surface area contributed by atoms with Gasteiger partial charge in [0.1, 0.15) is 5.82 Å². The fourth-order valence-electron chi connectivity index (χ4n) is 2.35. The van der Waals surface area contributed by atoms with Crippen molar-refractivity contribution >= 4 is 21.5 Å². The first-order chi connectivity index (χ1) is 10.9. The number of halogens is 2. The smallest absolute Gasteiger partial charge is 0.299 e. The second-order valence-corrected chi connectivity index (χ2v) is 7.57. The Morgan fingerprint density at radius 1 is 1.35 bits per heavy atom. The Labute approximate surface area is 131 Å². The van der Waals surface area contributed by atoms with Crippen molar-refractivity contribution in [2.75, 3.05) is 30.7 Å². The molecule has 1 saturated heterocycles. The molecule has 3 rings (SSSR count). The van der Waals surface area contributed by atoms with Crippen molar-refractivity contribution in [1.29, 1.82) is 0 Å². The molecule has 0 spiro atoms. The zero-order valence-electron chi connectivity index (χ0n) is 12.4. The summed E-state index contributed by atoms with van der Waals surface area (Å²) in [5.74, 6) is 0.169. The topological polar surface area (TPSA) is 92.5 Å². The van der Waals surface area contributed by atoms with Gasteiger partial charge < -0.3 is 5.32 Å². The third kappa shape index (κ3) is 3.11. The fourth-order valence-corrected chi connectivity index (χ4v) is 3.59. The van der Waals surface area contributed by atoms with Crippen LogP contribution in [0.1, 0.15) is 19.2 Å². The van der Waals surface area contributed by atoms with Crippen molar-refractivity contribution in [3.63, 3.8) is 0 Å². The van der Waals surface area contributed by atoms with Gasteiger partial charge in [0.2, 0.25) is 15.8 Å². The van der Waals surface area contributed by atoms with Crippen molar-refractivity contribution in [1.82, 2.24) is 24.1 Å². The highest BCUT2D eigenvalue weighted by molar-refractivity contribution is 7.89. The van der Waals surface area contributed by atoms with E-state index in [0.717, 1.165) is 4.52 Å². The maximum absolute atomic E-state index is 12.8. The van der Waals surface area contributed by atoms with Gasteiger partial charge >= 0.3 is 0 Å². The summed E-state index contributed by atoms with van der Waals surface area (Å²) in [5, 5.41) is 14.1. The van der Waals surface area contributed by atoms with Crippen LogP contribution in [-0.2, 0) is 10.0 Å². The molecule has 0 aromatic carbocycles. The lowest BCUT2D eigenvalue weighted by Gasteiger charge is -2.37. The number of rotatable bonds is 6. The van der Waals surface area contributed by atoms with Crippen LogP contribution in [0.5, 0.6) is 0 Å². The molecule has 1 aliphatic rings. The van der Waals surface area contributed by atoms with Gasteiger partial charge in [-0.1, -0.05) is 0 Å². The van der Waals surface area contributed by atoms with Crippen molar-refractivity contribution < 1.29 is 17.2 Å². The maximum atomic E-state index is 12.8. The Balaban J connectivity index is 1.62.